The molecule has 1 atom stereocenters. The van der Waals surface area contributed by atoms with Crippen molar-refractivity contribution in [1.82, 2.24) is 9.88 Å². The summed E-state index contributed by atoms with van der Waals surface area (Å²) in [6.45, 7) is 2.42. The Hall–Kier alpha value is -1.62. The molecule has 1 amide bonds. The molecule has 4 rings (SSSR count). The zero-order chi connectivity index (χ0) is 15.2. The number of likely N-dealkylation sites (tertiary alicyclic amines) is 1. The van der Waals surface area contributed by atoms with Crippen LogP contribution in [-0.4, -0.2) is 41.6 Å². The van der Waals surface area contributed by atoms with E-state index in [4.69, 9.17) is 4.74 Å². The van der Waals surface area contributed by atoms with E-state index in [-0.39, 0.29) is 17.0 Å². The van der Waals surface area contributed by atoms with Crippen molar-refractivity contribution in [2.24, 2.45) is 11.3 Å². The third kappa shape index (κ3) is 2.02. The number of nitrogens with one attached hydrogen (secondary N) is 1. The Bertz CT molecular complexity index is 629. The summed E-state index contributed by atoms with van der Waals surface area (Å²) in [6.07, 6.45) is 7.35. The standard InChI is InChI=1S/C17H22N2O3/c20-15-13(3-1-8-18-15)16(21)19-11-17(6-2-7-17)14(19)12-4-9-22-10-5-12/h1,3,8,12,14H,2,4-7,9-11H2,(H,18,20). The Labute approximate surface area is 129 Å². The van der Waals surface area contributed by atoms with Gasteiger partial charge in [0.05, 0.1) is 0 Å². The molecule has 1 saturated carbocycles. The average Bonchev–Trinajstić information content (AvgIpc) is 2.46. The van der Waals surface area contributed by atoms with Crippen molar-refractivity contribution in [3.63, 3.8) is 0 Å². The highest BCUT2D eigenvalue weighted by atomic mass is 16.5. The van der Waals surface area contributed by atoms with Gasteiger partial charge in [0.2, 0.25) is 0 Å². The largest absolute Gasteiger partial charge is 0.381 e. The second kappa shape index (κ2) is 5.23. The molecule has 5 heteroatoms. The minimum atomic E-state index is -0.284. The average molecular weight is 302 g/mol. The van der Waals surface area contributed by atoms with Crippen LogP contribution >= 0.6 is 0 Å². The lowest BCUT2D eigenvalue weighted by Gasteiger charge is -2.65. The number of aromatic nitrogens is 1. The van der Waals surface area contributed by atoms with Crippen molar-refractivity contribution >= 4 is 5.91 Å². The maximum Gasteiger partial charge on any atom is 0.260 e. The molecule has 1 N–H and O–H groups in total. The van der Waals surface area contributed by atoms with Gasteiger partial charge in [-0.3, -0.25) is 9.59 Å². The van der Waals surface area contributed by atoms with E-state index < -0.39 is 0 Å². The summed E-state index contributed by atoms with van der Waals surface area (Å²) in [7, 11) is 0. The number of ether oxygens (including phenoxy) is 1. The van der Waals surface area contributed by atoms with Gasteiger partial charge in [0.15, 0.2) is 0 Å². The fourth-order valence-electron chi connectivity index (χ4n) is 4.56. The van der Waals surface area contributed by atoms with E-state index >= 15 is 0 Å². The third-order valence-electron chi connectivity index (χ3n) is 5.82. The molecule has 1 unspecified atom stereocenters. The first kappa shape index (κ1) is 14.0. The topological polar surface area (TPSA) is 62.4 Å². The van der Waals surface area contributed by atoms with Gasteiger partial charge in [0.1, 0.15) is 5.56 Å². The molecule has 3 aliphatic rings. The van der Waals surface area contributed by atoms with E-state index in [1.54, 1.807) is 18.3 Å². The molecular formula is C17H22N2O3. The minimum Gasteiger partial charge on any atom is -0.381 e. The van der Waals surface area contributed by atoms with Crippen molar-refractivity contribution in [1.29, 1.82) is 0 Å². The molecule has 1 spiro atoms. The number of H-pyrrole nitrogens is 1. The predicted octanol–water partition coefficient (Wildman–Crippen LogP) is 1.80. The molecule has 1 aromatic rings. The summed E-state index contributed by atoms with van der Waals surface area (Å²) in [5.74, 6) is 0.422. The Kier molecular flexibility index (Phi) is 3.33. The quantitative estimate of drug-likeness (QED) is 0.906. The van der Waals surface area contributed by atoms with Crippen LogP contribution in [0.15, 0.2) is 23.1 Å². The molecule has 1 aromatic heterocycles. The summed E-state index contributed by atoms with van der Waals surface area (Å²) < 4.78 is 5.48. The predicted molar refractivity (Wildman–Crippen MR) is 81.7 cm³/mol. The lowest BCUT2D eigenvalue weighted by Crippen LogP contribution is -2.71. The van der Waals surface area contributed by atoms with Gasteiger partial charge in [-0.05, 0) is 43.7 Å². The van der Waals surface area contributed by atoms with Crippen molar-refractivity contribution in [3.05, 3.63) is 34.2 Å². The van der Waals surface area contributed by atoms with Crippen LogP contribution in [-0.2, 0) is 4.74 Å². The summed E-state index contributed by atoms with van der Waals surface area (Å²) in [5, 5.41) is 0. The molecule has 2 aliphatic heterocycles. The van der Waals surface area contributed by atoms with Crippen LogP contribution in [0.5, 0.6) is 0 Å². The molecule has 0 bridgehead atoms. The van der Waals surface area contributed by atoms with Crippen LogP contribution in [0.25, 0.3) is 0 Å². The zero-order valence-corrected chi connectivity index (χ0v) is 12.7. The first-order valence-corrected chi connectivity index (χ1v) is 8.28. The van der Waals surface area contributed by atoms with E-state index in [1.807, 2.05) is 4.90 Å². The van der Waals surface area contributed by atoms with E-state index in [1.165, 1.54) is 19.3 Å². The monoisotopic (exact) mass is 302 g/mol. The molecule has 118 valence electrons. The van der Waals surface area contributed by atoms with Crippen molar-refractivity contribution in [2.75, 3.05) is 19.8 Å². The highest BCUT2D eigenvalue weighted by molar-refractivity contribution is 5.94. The number of rotatable bonds is 2. The Morgan fingerprint density at radius 1 is 1.32 bits per heavy atom. The third-order valence-corrected chi connectivity index (χ3v) is 5.82. The number of amides is 1. The second-order valence-electron chi connectivity index (χ2n) is 6.96. The summed E-state index contributed by atoms with van der Waals surface area (Å²) in [4.78, 5) is 29.3. The van der Waals surface area contributed by atoms with E-state index in [0.717, 1.165) is 32.6 Å². The van der Waals surface area contributed by atoms with Crippen LogP contribution in [0, 0.1) is 11.3 Å². The minimum absolute atomic E-state index is 0.101. The van der Waals surface area contributed by atoms with Crippen LogP contribution in [0.3, 0.4) is 0 Å². The first-order chi connectivity index (χ1) is 10.7. The van der Waals surface area contributed by atoms with Gasteiger partial charge in [-0.25, -0.2) is 0 Å². The van der Waals surface area contributed by atoms with Crippen molar-refractivity contribution < 1.29 is 9.53 Å². The highest BCUT2D eigenvalue weighted by Gasteiger charge is 2.59. The number of hydrogen-bond donors (Lipinski definition) is 1. The van der Waals surface area contributed by atoms with Crippen LogP contribution in [0.2, 0.25) is 0 Å². The normalized spacial score (nSPS) is 27.3. The maximum absolute atomic E-state index is 12.8. The summed E-state index contributed by atoms with van der Waals surface area (Å²) >= 11 is 0. The molecule has 2 saturated heterocycles. The van der Waals surface area contributed by atoms with E-state index in [9.17, 15) is 9.59 Å². The Balaban J connectivity index is 1.59. The molecule has 0 radical (unpaired) electrons. The van der Waals surface area contributed by atoms with Gasteiger partial charge in [0.25, 0.3) is 11.5 Å². The summed E-state index contributed by atoms with van der Waals surface area (Å²) in [6, 6.07) is 3.66. The number of pyridine rings is 1. The lowest BCUT2D eigenvalue weighted by atomic mass is 9.54. The van der Waals surface area contributed by atoms with Crippen molar-refractivity contribution in [2.45, 2.75) is 38.1 Å². The van der Waals surface area contributed by atoms with Gasteiger partial charge >= 0.3 is 0 Å². The number of nitrogens with zero attached hydrogens (tertiary/aromatic N) is 1. The van der Waals surface area contributed by atoms with Crippen molar-refractivity contribution in [3.8, 4) is 0 Å². The number of carbonyl (C=O) groups is 1. The molecule has 22 heavy (non-hydrogen) atoms. The fourth-order valence-corrected chi connectivity index (χ4v) is 4.56. The molecule has 3 heterocycles. The highest BCUT2D eigenvalue weighted by Crippen LogP contribution is 2.56. The zero-order valence-electron chi connectivity index (χ0n) is 12.7. The lowest BCUT2D eigenvalue weighted by molar-refractivity contribution is -0.140. The number of aromatic amines is 1. The fraction of sp³-hybridized carbons (Fsp3) is 0.647. The van der Waals surface area contributed by atoms with Gasteiger partial charge < -0.3 is 14.6 Å². The SMILES string of the molecule is O=C(c1ccc[nH]c1=O)N1CC2(CCC2)C1C1CCOCC1. The van der Waals surface area contributed by atoms with Crippen LogP contribution < -0.4 is 5.56 Å². The first-order valence-electron chi connectivity index (χ1n) is 8.28. The van der Waals surface area contributed by atoms with Gasteiger partial charge in [0, 0.05) is 37.4 Å². The van der Waals surface area contributed by atoms with Gasteiger partial charge in [-0.1, -0.05) is 6.42 Å². The number of hydrogen-bond acceptors (Lipinski definition) is 3. The van der Waals surface area contributed by atoms with Gasteiger partial charge in [-0.2, -0.15) is 0 Å². The molecule has 3 fully saturated rings. The maximum atomic E-state index is 12.8. The van der Waals surface area contributed by atoms with E-state index in [2.05, 4.69) is 4.98 Å². The Morgan fingerprint density at radius 2 is 2.09 bits per heavy atom. The van der Waals surface area contributed by atoms with E-state index in [0.29, 0.717) is 17.4 Å². The second-order valence-corrected chi connectivity index (χ2v) is 6.96. The summed E-state index contributed by atoms with van der Waals surface area (Å²) in [5.41, 5.74) is 0.320. The van der Waals surface area contributed by atoms with Crippen LogP contribution in [0.4, 0.5) is 0 Å². The molecule has 1 aliphatic carbocycles. The molecule has 0 aromatic carbocycles. The Morgan fingerprint density at radius 3 is 2.73 bits per heavy atom. The number of carbonyl (C=O) groups excluding carboxylic acids is 1. The van der Waals surface area contributed by atoms with Crippen LogP contribution in [0.1, 0.15) is 42.5 Å². The molecule has 5 nitrogen and oxygen atoms in total. The van der Waals surface area contributed by atoms with Gasteiger partial charge in [-0.15, -0.1) is 0 Å². The smallest absolute Gasteiger partial charge is 0.260 e. The molecular weight excluding hydrogens is 280 g/mol.